The number of carbonyl (C=O) groups excluding carboxylic acids is 1. The highest BCUT2D eigenvalue weighted by Gasteiger charge is 2.28. The van der Waals surface area contributed by atoms with Gasteiger partial charge in [-0.25, -0.2) is 4.79 Å². The summed E-state index contributed by atoms with van der Waals surface area (Å²) in [6.07, 6.45) is 0.274. The third kappa shape index (κ3) is 18.0. The Morgan fingerprint density at radius 3 is 1.28 bits per heavy atom. The van der Waals surface area contributed by atoms with E-state index in [0.717, 1.165) is 5.56 Å². The predicted molar refractivity (Wildman–Crippen MR) is 200 cm³/mol. The molecule has 0 fully saturated rings. The lowest BCUT2D eigenvalue weighted by atomic mass is 9.98. The zero-order valence-corrected chi connectivity index (χ0v) is 30.9. The van der Waals surface area contributed by atoms with E-state index in [-0.39, 0.29) is 5.92 Å². The van der Waals surface area contributed by atoms with Crippen molar-refractivity contribution >= 4 is 6.09 Å². The van der Waals surface area contributed by atoms with Gasteiger partial charge in [-0.15, -0.1) is 0 Å². The van der Waals surface area contributed by atoms with Gasteiger partial charge in [-0.2, -0.15) is 0 Å². The van der Waals surface area contributed by atoms with E-state index in [1.54, 1.807) is 0 Å². The molecule has 0 radical (unpaired) electrons. The monoisotopic (exact) mass is 739 g/mol. The van der Waals surface area contributed by atoms with Crippen LogP contribution in [0.4, 0.5) is 4.79 Å². The van der Waals surface area contributed by atoms with Crippen molar-refractivity contribution < 1.29 is 52.2 Å². The number of alkyl carbamates (subject to hydrolysis) is 1. The Bertz CT molecular complexity index is 1320. The van der Waals surface area contributed by atoms with Gasteiger partial charge in [0.1, 0.15) is 6.61 Å². The molecule has 12 heteroatoms. The summed E-state index contributed by atoms with van der Waals surface area (Å²) in [6.45, 7) is 10.0. The summed E-state index contributed by atoms with van der Waals surface area (Å²) < 4.78 is 55.3. The van der Waals surface area contributed by atoms with Crippen LogP contribution >= 0.6 is 0 Å². The minimum Gasteiger partial charge on any atom is -0.449 e. The van der Waals surface area contributed by atoms with Crippen molar-refractivity contribution in [2.24, 2.45) is 0 Å². The number of hydrogen-bond acceptors (Lipinski definition) is 11. The minimum atomic E-state index is -0.413. The summed E-state index contributed by atoms with van der Waals surface area (Å²) in [5.41, 5.74) is 5.97. The molecule has 1 aliphatic rings. The van der Waals surface area contributed by atoms with Gasteiger partial charge < -0.3 is 52.7 Å². The van der Waals surface area contributed by atoms with Crippen LogP contribution in [0.15, 0.2) is 78.9 Å². The number of hydrogen-bond donors (Lipinski definition) is 1. The topological polar surface area (TPSA) is 121 Å². The van der Waals surface area contributed by atoms with Crippen LogP contribution < -0.4 is 5.32 Å². The SMILES string of the molecule is O=C(NCCCOCCOCCOCCOCCOCCOCCOCCOCCOCc1ccccc1)OCC1c2ccccc2-c2ccccc21. The Balaban J connectivity index is 0.798. The summed E-state index contributed by atoms with van der Waals surface area (Å²) >= 11 is 0. The number of rotatable bonds is 32. The van der Waals surface area contributed by atoms with E-state index < -0.39 is 6.09 Å². The van der Waals surface area contributed by atoms with Crippen molar-refractivity contribution in [3.05, 3.63) is 95.6 Å². The Labute approximate surface area is 314 Å². The fraction of sp³-hybridized carbons (Fsp3) is 0.537. The molecule has 0 saturated carbocycles. The Hall–Kier alpha value is -3.43. The maximum atomic E-state index is 12.3. The van der Waals surface area contributed by atoms with Crippen molar-refractivity contribution in [3.63, 3.8) is 0 Å². The van der Waals surface area contributed by atoms with Crippen LogP contribution in [0.25, 0.3) is 11.1 Å². The molecule has 12 nitrogen and oxygen atoms in total. The highest BCUT2D eigenvalue weighted by molar-refractivity contribution is 5.79. The fourth-order valence-corrected chi connectivity index (χ4v) is 5.54. The lowest BCUT2D eigenvalue weighted by Gasteiger charge is -2.14. The van der Waals surface area contributed by atoms with Crippen LogP contribution in [0.5, 0.6) is 0 Å². The van der Waals surface area contributed by atoms with E-state index in [1.807, 2.05) is 54.6 Å². The van der Waals surface area contributed by atoms with Gasteiger partial charge in [0.25, 0.3) is 0 Å². The lowest BCUT2D eigenvalue weighted by molar-refractivity contribution is -0.0253. The molecule has 3 aromatic rings. The number of benzene rings is 3. The molecule has 0 aliphatic heterocycles. The summed E-state index contributed by atoms with van der Waals surface area (Å²) in [4.78, 5) is 12.3. The van der Waals surface area contributed by atoms with Gasteiger partial charge in [0.05, 0.1) is 112 Å². The minimum absolute atomic E-state index is 0.0513. The predicted octanol–water partition coefficient (Wildman–Crippen LogP) is 5.26. The molecule has 0 unspecified atom stereocenters. The van der Waals surface area contributed by atoms with E-state index in [4.69, 9.17) is 47.4 Å². The van der Waals surface area contributed by atoms with Crippen LogP contribution in [0, 0.1) is 0 Å². The van der Waals surface area contributed by atoms with E-state index >= 15 is 0 Å². The maximum absolute atomic E-state index is 12.3. The van der Waals surface area contributed by atoms with Crippen LogP contribution in [-0.4, -0.2) is 132 Å². The Morgan fingerprint density at radius 2 is 0.830 bits per heavy atom. The average molecular weight is 740 g/mol. The largest absolute Gasteiger partial charge is 0.449 e. The average Bonchev–Trinajstić information content (AvgIpc) is 3.51. The highest BCUT2D eigenvalue weighted by Crippen LogP contribution is 2.44. The van der Waals surface area contributed by atoms with Crippen LogP contribution in [-0.2, 0) is 54.0 Å². The molecule has 0 spiro atoms. The van der Waals surface area contributed by atoms with Crippen molar-refractivity contribution in [3.8, 4) is 11.1 Å². The highest BCUT2D eigenvalue weighted by atomic mass is 16.6. The van der Waals surface area contributed by atoms with Crippen molar-refractivity contribution in [1.82, 2.24) is 5.32 Å². The standard InChI is InChI=1S/C41H57NO11/c43-41(53-34-40-38-13-6-4-11-36(38)37-12-5-7-14-39(37)40)42-15-8-16-44-17-18-45-19-20-46-21-22-47-23-24-48-25-26-49-27-28-50-29-30-51-31-32-52-33-35-9-2-1-3-10-35/h1-7,9-14,40H,8,15-34H2,(H,42,43). The first-order chi connectivity index (χ1) is 26.3. The van der Waals surface area contributed by atoms with Gasteiger partial charge in [-0.3, -0.25) is 0 Å². The Kier molecular flexibility index (Phi) is 22.4. The molecule has 53 heavy (non-hydrogen) atoms. The van der Waals surface area contributed by atoms with Crippen LogP contribution in [0.1, 0.15) is 29.0 Å². The second kappa shape index (κ2) is 28.1. The summed E-state index contributed by atoms with van der Waals surface area (Å²) in [6, 6.07) is 26.7. The maximum Gasteiger partial charge on any atom is 0.407 e. The van der Waals surface area contributed by atoms with Gasteiger partial charge in [0, 0.05) is 19.1 Å². The van der Waals surface area contributed by atoms with E-state index in [2.05, 4.69) is 29.6 Å². The number of fused-ring (bicyclic) bond motifs is 3. The quantitative estimate of drug-likeness (QED) is 0.0844. The van der Waals surface area contributed by atoms with E-state index in [1.165, 1.54) is 22.3 Å². The molecule has 1 amide bonds. The number of nitrogens with one attached hydrogen (secondary N) is 1. The first kappa shape index (κ1) is 42.3. The second-order valence-corrected chi connectivity index (χ2v) is 12.0. The smallest absolute Gasteiger partial charge is 0.407 e. The molecular formula is C41H57NO11. The summed E-state index contributed by atoms with van der Waals surface area (Å²) in [7, 11) is 0. The zero-order valence-electron chi connectivity index (χ0n) is 30.9. The molecule has 1 aliphatic carbocycles. The van der Waals surface area contributed by atoms with E-state index in [0.29, 0.717) is 138 Å². The first-order valence-corrected chi connectivity index (χ1v) is 18.7. The molecule has 3 aromatic carbocycles. The zero-order chi connectivity index (χ0) is 36.9. The molecule has 0 bridgehead atoms. The molecule has 0 atom stereocenters. The third-order valence-electron chi connectivity index (χ3n) is 8.17. The second-order valence-electron chi connectivity index (χ2n) is 12.0. The summed E-state index contributed by atoms with van der Waals surface area (Å²) in [5.74, 6) is 0.0513. The third-order valence-corrected chi connectivity index (χ3v) is 8.17. The molecule has 292 valence electrons. The molecule has 1 N–H and O–H groups in total. The normalized spacial score (nSPS) is 12.2. The molecule has 4 rings (SSSR count). The molecular weight excluding hydrogens is 682 g/mol. The molecule has 0 aromatic heterocycles. The van der Waals surface area contributed by atoms with Gasteiger partial charge >= 0.3 is 6.09 Å². The lowest BCUT2D eigenvalue weighted by Crippen LogP contribution is -2.27. The van der Waals surface area contributed by atoms with E-state index in [9.17, 15) is 4.79 Å². The summed E-state index contributed by atoms with van der Waals surface area (Å²) in [5, 5.41) is 2.81. The number of carbonyl (C=O) groups is 1. The molecule has 0 saturated heterocycles. The van der Waals surface area contributed by atoms with Crippen molar-refractivity contribution in [2.45, 2.75) is 18.9 Å². The fourth-order valence-electron chi connectivity index (χ4n) is 5.54. The first-order valence-electron chi connectivity index (χ1n) is 18.7. The van der Waals surface area contributed by atoms with Gasteiger partial charge in [-0.05, 0) is 34.2 Å². The number of ether oxygens (including phenoxy) is 10. The Morgan fingerprint density at radius 1 is 0.453 bits per heavy atom. The van der Waals surface area contributed by atoms with Gasteiger partial charge in [-0.1, -0.05) is 78.9 Å². The van der Waals surface area contributed by atoms with Crippen LogP contribution in [0.2, 0.25) is 0 Å². The molecule has 0 heterocycles. The van der Waals surface area contributed by atoms with Crippen molar-refractivity contribution in [2.75, 3.05) is 125 Å². The van der Waals surface area contributed by atoms with Crippen LogP contribution in [0.3, 0.4) is 0 Å². The van der Waals surface area contributed by atoms with Gasteiger partial charge in [0.15, 0.2) is 0 Å². The van der Waals surface area contributed by atoms with Gasteiger partial charge in [0.2, 0.25) is 0 Å². The van der Waals surface area contributed by atoms with Crippen molar-refractivity contribution in [1.29, 1.82) is 0 Å². The number of amides is 1.